The molecule has 30 heavy (non-hydrogen) atoms. The van der Waals surface area contributed by atoms with Gasteiger partial charge in [-0.1, -0.05) is 55.8 Å². The Hall–Kier alpha value is -2.28. The molecule has 2 saturated carbocycles. The van der Waals surface area contributed by atoms with Gasteiger partial charge in [-0.15, -0.1) is 0 Å². The summed E-state index contributed by atoms with van der Waals surface area (Å²) >= 11 is 0. The van der Waals surface area contributed by atoms with Crippen LogP contribution in [0.2, 0.25) is 0 Å². The summed E-state index contributed by atoms with van der Waals surface area (Å²) in [4.78, 5) is 13.2. The molecule has 0 bridgehead atoms. The number of hydrogen-bond donors (Lipinski definition) is 3. The SMILES string of the molecule is C1CCC(NC2CCCCC2)CC1.COc1ccc(C(O)C(N=[N+]=[N-])C(=O)O)cc1. The van der Waals surface area contributed by atoms with E-state index >= 15 is 0 Å². The van der Waals surface area contributed by atoms with E-state index in [0.29, 0.717) is 11.3 Å². The van der Waals surface area contributed by atoms with Crippen LogP contribution in [0.4, 0.5) is 0 Å². The maximum Gasteiger partial charge on any atom is 0.315 e. The van der Waals surface area contributed by atoms with E-state index in [-0.39, 0.29) is 0 Å². The van der Waals surface area contributed by atoms with Crippen LogP contribution in [0.5, 0.6) is 5.75 Å². The molecule has 0 aromatic heterocycles. The molecule has 166 valence electrons. The van der Waals surface area contributed by atoms with Gasteiger partial charge >= 0.3 is 5.97 Å². The lowest BCUT2D eigenvalue weighted by Gasteiger charge is -2.30. The van der Waals surface area contributed by atoms with E-state index in [1.165, 1.54) is 83.5 Å². The van der Waals surface area contributed by atoms with Gasteiger partial charge in [-0.3, -0.25) is 4.79 Å². The van der Waals surface area contributed by atoms with Crippen molar-refractivity contribution in [3.05, 3.63) is 40.3 Å². The molecule has 3 N–H and O–H groups in total. The largest absolute Gasteiger partial charge is 0.497 e. The average molecular weight is 419 g/mol. The maximum atomic E-state index is 10.8. The molecule has 3 rings (SSSR count). The van der Waals surface area contributed by atoms with Gasteiger partial charge in [-0.25, -0.2) is 0 Å². The fraction of sp³-hybridized carbons (Fsp3) is 0.682. The van der Waals surface area contributed by atoms with Crippen molar-refractivity contribution in [2.45, 2.75) is 88.4 Å². The summed E-state index contributed by atoms with van der Waals surface area (Å²) in [6.45, 7) is 0. The summed E-state index contributed by atoms with van der Waals surface area (Å²) in [5, 5.41) is 25.4. The molecule has 2 aliphatic rings. The van der Waals surface area contributed by atoms with Crippen molar-refractivity contribution in [1.29, 1.82) is 0 Å². The number of hydrogen-bond acceptors (Lipinski definition) is 5. The Morgan fingerprint density at radius 2 is 1.57 bits per heavy atom. The zero-order chi connectivity index (χ0) is 21.8. The third-order valence-corrected chi connectivity index (χ3v) is 5.87. The number of aliphatic carboxylic acids is 1. The predicted molar refractivity (Wildman–Crippen MR) is 115 cm³/mol. The Kier molecular flexibility index (Phi) is 10.5. The number of nitrogens with one attached hydrogen (secondary N) is 1. The summed E-state index contributed by atoms with van der Waals surface area (Å²) in [5.41, 5.74) is 8.57. The highest BCUT2D eigenvalue weighted by molar-refractivity contribution is 5.74. The van der Waals surface area contributed by atoms with Crippen LogP contribution >= 0.6 is 0 Å². The minimum Gasteiger partial charge on any atom is -0.497 e. The molecule has 0 radical (unpaired) electrons. The van der Waals surface area contributed by atoms with Crippen LogP contribution in [0.1, 0.15) is 75.9 Å². The quantitative estimate of drug-likeness (QED) is 0.335. The van der Waals surface area contributed by atoms with E-state index in [1.807, 2.05) is 0 Å². The zero-order valence-electron chi connectivity index (χ0n) is 17.7. The first-order valence-corrected chi connectivity index (χ1v) is 10.9. The number of methoxy groups -OCH3 is 1. The monoisotopic (exact) mass is 418 g/mol. The third-order valence-electron chi connectivity index (χ3n) is 5.87. The number of ether oxygens (including phenoxy) is 1. The smallest absolute Gasteiger partial charge is 0.315 e. The third kappa shape index (κ3) is 7.86. The van der Waals surface area contributed by atoms with Gasteiger partial charge < -0.3 is 20.3 Å². The molecular weight excluding hydrogens is 384 g/mol. The van der Waals surface area contributed by atoms with Gasteiger partial charge in [0.05, 0.1) is 13.2 Å². The maximum absolute atomic E-state index is 10.8. The lowest BCUT2D eigenvalue weighted by molar-refractivity contribution is -0.141. The summed E-state index contributed by atoms with van der Waals surface area (Å²) in [6, 6.07) is 6.36. The number of carboxylic acid groups (broad SMARTS) is 1. The number of benzene rings is 1. The van der Waals surface area contributed by atoms with Crippen molar-refractivity contribution in [2.75, 3.05) is 7.11 Å². The first-order chi connectivity index (χ1) is 14.5. The molecule has 0 amide bonds. The molecule has 1 aromatic rings. The number of nitrogens with zero attached hydrogens (tertiary/aromatic N) is 3. The summed E-state index contributed by atoms with van der Waals surface area (Å²) < 4.78 is 4.92. The van der Waals surface area contributed by atoms with Gasteiger partial charge in [-0.2, -0.15) is 0 Å². The average Bonchev–Trinajstić information content (AvgIpc) is 2.79. The van der Waals surface area contributed by atoms with Crippen molar-refractivity contribution < 1.29 is 19.7 Å². The molecule has 2 fully saturated rings. The van der Waals surface area contributed by atoms with Crippen LogP contribution in [0.15, 0.2) is 29.4 Å². The van der Waals surface area contributed by atoms with Crippen molar-refractivity contribution in [3.8, 4) is 5.75 Å². The van der Waals surface area contributed by atoms with E-state index in [1.54, 1.807) is 12.1 Å². The molecule has 8 heteroatoms. The van der Waals surface area contributed by atoms with Crippen LogP contribution in [0, 0.1) is 0 Å². The van der Waals surface area contributed by atoms with Crippen LogP contribution in [0.3, 0.4) is 0 Å². The topological polar surface area (TPSA) is 128 Å². The molecule has 0 heterocycles. The van der Waals surface area contributed by atoms with Gasteiger partial charge in [0.25, 0.3) is 0 Å². The highest BCUT2D eigenvalue weighted by Crippen LogP contribution is 2.23. The van der Waals surface area contributed by atoms with E-state index in [9.17, 15) is 9.90 Å². The molecule has 1 aromatic carbocycles. The minimum atomic E-state index is -1.55. The highest BCUT2D eigenvalue weighted by Gasteiger charge is 2.26. The van der Waals surface area contributed by atoms with Crippen molar-refractivity contribution in [3.63, 3.8) is 0 Å². The molecule has 2 aliphatic carbocycles. The lowest BCUT2D eigenvalue weighted by atomic mass is 9.91. The summed E-state index contributed by atoms with van der Waals surface area (Å²) in [7, 11) is 1.49. The van der Waals surface area contributed by atoms with Gasteiger partial charge in [0.15, 0.2) is 6.04 Å². The van der Waals surface area contributed by atoms with E-state index in [0.717, 1.165) is 12.1 Å². The fourth-order valence-electron chi connectivity index (χ4n) is 4.16. The number of rotatable bonds is 7. The number of carbonyl (C=O) groups is 1. The molecule has 0 saturated heterocycles. The van der Waals surface area contributed by atoms with Crippen molar-refractivity contribution in [1.82, 2.24) is 5.32 Å². The second-order valence-corrected chi connectivity index (χ2v) is 8.04. The number of azide groups is 1. The summed E-state index contributed by atoms with van der Waals surface area (Å²) in [6.07, 6.45) is 13.2. The zero-order valence-corrected chi connectivity index (χ0v) is 17.7. The Balaban J connectivity index is 0.000000220. The normalized spacial score (nSPS) is 19.5. The molecule has 0 spiro atoms. The van der Waals surface area contributed by atoms with Crippen molar-refractivity contribution in [2.24, 2.45) is 5.11 Å². The number of aliphatic hydroxyl groups is 1. The van der Waals surface area contributed by atoms with Gasteiger partial charge in [0.2, 0.25) is 0 Å². The van der Waals surface area contributed by atoms with Crippen LogP contribution < -0.4 is 10.1 Å². The first kappa shape index (κ1) is 24.0. The standard InChI is InChI=1S/C12H23N.C10H11N3O4/c1-3-7-11(8-4-1)13-12-9-5-2-6-10-12;1-17-7-4-2-6(3-5-7)9(14)8(10(15)16)12-13-11/h11-13H,1-10H2;2-5,8-9,14H,1H3,(H,15,16). The van der Waals surface area contributed by atoms with E-state index in [2.05, 4.69) is 15.3 Å². The Labute approximate surface area is 178 Å². The molecule has 8 nitrogen and oxygen atoms in total. The Morgan fingerprint density at radius 3 is 1.97 bits per heavy atom. The number of carboxylic acids is 1. The van der Waals surface area contributed by atoms with Crippen molar-refractivity contribution >= 4 is 5.97 Å². The second-order valence-electron chi connectivity index (χ2n) is 8.04. The van der Waals surface area contributed by atoms with Crippen LogP contribution in [0.25, 0.3) is 10.4 Å². The Bertz CT molecular complexity index is 661. The predicted octanol–water partition coefficient (Wildman–Crippen LogP) is 4.73. The first-order valence-electron chi connectivity index (χ1n) is 10.9. The molecule has 2 atom stereocenters. The number of aliphatic hydroxyl groups excluding tert-OH is 1. The van der Waals surface area contributed by atoms with E-state index < -0.39 is 18.1 Å². The molecule has 2 unspecified atom stereocenters. The van der Waals surface area contributed by atoms with Gasteiger partial charge in [0, 0.05) is 17.0 Å². The summed E-state index contributed by atoms with van der Waals surface area (Å²) in [5.74, 6) is -0.803. The highest BCUT2D eigenvalue weighted by atomic mass is 16.5. The second kappa shape index (κ2) is 13.1. The van der Waals surface area contributed by atoms with Gasteiger partial charge in [0.1, 0.15) is 5.75 Å². The van der Waals surface area contributed by atoms with Gasteiger partial charge in [-0.05, 0) is 48.9 Å². The Morgan fingerprint density at radius 1 is 1.07 bits per heavy atom. The fourth-order valence-corrected chi connectivity index (χ4v) is 4.16. The molecule has 0 aliphatic heterocycles. The molecular formula is C22H34N4O4. The van der Waals surface area contributed by atoms with Crippen LogP contribution in [-0.4, -0.2) is 41.4 Å². The lowest BCUT2D eigenvalue weighted by Crippen LogP contribution is -2.40. The van der Waals surface area contributed by atoms with Crippen LogP contribution in [-0.2, 0) is 4.79 Å². The van der Waals surface area contributed by atoms with E-state index in [4.69, 9.17) is 15.4 Å². The minimum absolute atomic E-state index is 0.339.